The molecular weight excluding hydrogens is 224 g/mol. The summed E-state index contributed by atoms with van der Waals surface area (Å²) in [5.74, 6) is -0.812. The number of hydrogen-bond donors (Lipinski definition) is 2. The van der Waals surface area contributed by atoms with Gasteiger partial charge in [0.1, 0.15) is 5.75 Å². The Kier molecular flexibility index (Phi) is 4.68. The van der Waals surface area contributed by atoms with Crippen molar-refractivity contribution in [2.45, 2.75) is 6.92 Å². The van der Waals surface area contributed by atoms with Crippen molar-refractivity contribution in [3.8, 4) is 5.75 Å². The van der Waals surface area contributed by atoms with Gasteiger partial charge in [-0.3, -0.25) is 4.79 Å². The summed E-state index contributed by atoms with van der Waals surface area (Å²) in [5.41, 5.74) is 3.04. The highest BCUT2D eigenvalue weighted by molar-refractivity contribution is 5.81. The maximum absolute atomic E-state index is 10.5. The number of hydrogen-bond acceptors (Lipinski definition) is 4. The van der Waals surface area contributed by atoms with E-state index in [0.717, 1.165) is 5.56 Å². The first kappa shape index (κ1) is 12.7. The van der Waals surface area contributed by atoms with Gasteiger partial charge in [-0.2, -0.15) is 5.10 Å². The molecule has 90 valence electrons. The van der Waals surface area contributed by atoms with Crippen molar-refractivity contribution < 1.29 is 19.4 Å². The molecule has 1 aromatic carbocycles. The van der Waals surface area contributed by atoms with Gasteiger partial charge < -0.3 is 9.84 Å². The van der Waals surface area contributed by atoms with E-state index in [9.17, 15) is 9.59 Å². The summed E-state index contributed by atoms with van der Waals surface area (Å²) in [6.45, 7) is 0.986. The van der Waals surface area contributed by atoms with E-state index in [0.29, 0.717) is 5.75 Å². The van der Waals surface area contributed by atoms with Gasteiger partial charge in [0.2, 0.25) is 5.91 Å². The van der Waals surface area contributed by atoms with Crippen molar-refractivity contribution in [1.82, 2.24) is 5.43 Å². The van der Waals surface area contributed by atoms with Gasteiger partial charge in [0.05, 0.1) is 6.21 Å². The summed E-state index contributed by atoms with van der Waals surface area (Å²) in [6.07, 6.45) is 1.47. The Balaban J connectivity index is 2.52. The zero-order chi connectivity index (χ0) is 12.7. The molecule has 2 N–H and O–H groups in total. The van der Waals surface area contributed by atoms with Gasteiger partial charge in [0.15, 0.2) is 6.61 Å². The Morgan fingerprint density at radius 1 is 1.41 bits per heavy atom. The maximum Gasteiger partial charge on any atom is 0.341 e. The molecule has 0 aliphatic heterocycles. The Hall–Kier alpha value is -2.37. The monoisotopic (exact) mass is 236 g/mol. The summed E-state index contributed by atoms with van der Waals surface area (Å²) in [5, 5.41) is 12.1. The van der Waals surface area contributed by atoms with Gasteiger partial charge >= 0.3 is 5.97 Å². The molecule has 0 fully saturated rings. The van der Waals surface area contributed by atoms with Crippen LogP contribution in [0.5, 0.6) is 5.75 Å². The molecule has 0 aromatic heterocycles. The number of nitrogens with one attached hydrogen (secondary N) is 1. The molecule has 17 heavy (non-hydrogen) atoms. The van der Waals surface area contributed by atoms with Crippen LogP contribution in [0.4, 0.5) is 0 Å². The number of carbonyl (C=O) groups is 2. The summed E-state index contributed by atoms with van der Waals surface area (Å²) < 4.78 is 4.95. The van der Waals surface area contributed by atoms with E-state index in [1.165, 1.54) is 13.1 Å². The summed E-state index contributed by atoms with van der Waals surface area (Å²) in [6, 6.07) is 6.64. The van der Waals surface area contributed by atoms with Crippen molar-refractivity contribution in [1.29, 1.82) is 0 Å². The molecule has 0 radical (unpaired) electrons. The standard InChI is InChI=1S/C11H12N2O4/c1-8(14)13-12-6-9-2-4-10(5-3-9)17-7-11(15)16/h2-6H,7H2,1H3,(H,13,14)(H,15,16). The third kappa shape index (κ3) is 5.31. The number of aliphatic carboxylic acids is 1. The van der Waals surface area contributed by atoms with Crippen molar-refractivity contribution in [2.24, 2.45) is 5.10 Å². The van der Waals surface area contributed by atoms with Crippen molar-refractivity contribution in [3.63, 3.8) is 0 Å². The molecule has 1 aromatic rings. The molecule has 0 saturated heterocycles. The second kappa shape index (κ2) is 6.26. The van der Waals surface area contributed by atoms with E-state index in [2.05, 4.69) is 10.5 Å². The van der Waals surface area contributed by atoms with Gasteiger partial charge in [-0.05, 0) is 29.8 Å². The molecule has 0 spiro atoms. The Morgan fingerprint density at radius 3 is 2.59 bits per heavy atom. The molecule has 0 heterocycles. The lowest BCUT2D eigenvalue weighted by Crippen LogP contribution is -2.12. The largest absolute Gasteiger partial charge is 0.482 e. The van der Waals surface area contributed by atoms with Gasteiger partial charge in [-0.1, -0.05) is 0 Å². The maximum atomic E-state index is 10.5. The van der Waals surface area contributed by atoms with Crippen molar-refractivity contribution >= 4 is 18.1 Å². The third-order valence-corrected chi connectivity index (χ3v) is 1.68. The van der Waals surface area contributed by atoms with Gasteiger partial charge in [0, 0.05) is 6.92 Å². The van der Waals surface area contributed by atoms with Crippen LogP contribution < -0.4 is 10.2 Å². The van der Waals surface area contributed by atoms with Crippen LogP contribution in [0, 0.1) is 0 Å². The third-order valence-electron chi connectivity index (χ3n) is 1.68. The fourth-order valence-corrected chi connectivity index (χ4v) is 0.993. The first-order valence-electron chi connectivity index (χ1n) is 4.82. The molecular formula is C11H12N2O4. The van der Waals surface area contributed by atoms with Crippen LogP contribution >= 0.6 is 0 Å². The second-order valence-electron chi connectivity index (χ2n) is 3.18. The van der Waals surface area contributed by atoms with E-state index in [1.54, 1.807) is 24.3 Å². The number of nitrogens with zero attached hydrogens (tertiary/aromatic N) is 1. The van der Waals surface area contributed by atoms with E-state index in [4.69, 9.17) is 9.84 Å². The lowest BCUT2D eigenvalue weighted by atomic mass is 10.2. The zero-order valence-electron chi connectivity index (χ0n) is 9.21. The minimum Gasteiger partial charge on any atom is -0.482 e. The van der Waals surface area contributed by atoms with Crippen LogP contribution in [0.15, 0.2) is 29.4 Å². The molecule has 1 rings (SSSR count). The van der Waals surface area contributed by atoms with Crippen LogP contribution in [0.25, 0.3) is 0 Å². The lowest BCUT2D eigenvalue weighted by molar-refractivity contribution is -0.139. The fraction of sp³-hybridized carbons (Fsp3) is 0.182. The van der Waals surface area contributed by atoms with Gasteiger partial charge in [-0.15, -0.1) is 0 Å². The average Bonchev–Trinajstić information content (AvgIpc) is 2.27. The molecule has 0 unspecified atom stereocenters. The van der Waals surface area contributed by atoms with Crippen LogP contribution in [-0.4, -0.2) is 29.8 Å². The highest BCUT2D eigenvalue weighted by Gasteiger charge is 1.98. The van der Waals surface area contributed by atoms with E-state index in [-0.39, 0.29) is 12.5 Å². The number of carboxylic acids is 1. The highest BCUT2D eigenvalue weighted by atomic mass is 16.5. The normalized spacial score (nSPS) is 10.2. The van der Waals surface area contributed by atoms with Crippen LogP contribution in [0.1, 0.15) is 12.5 Å². The molecule has 6 heteroatoms. The number of carboxylic acid groups (broad SMARTS) is 1. The molecule has 0 aliphatic carbocycles. The zero-order valence-corrected chi connectivity index (χ0v) is 9.21. The average molecular weight is 236 g/mol. The number of carbonyl (C=O) groups excluding carboxylic acids is 1. The van der Waals surface area contributed by atoms with Crippen LogP contribution in [0.2, 0.25) is 0 Å². The number of amides is 1. The summed E-state index contributed by atoms with van der Waals surface area (Å²) in [7, 11) is 0. The smallest absolute Gasteiger partial charge is 0.341 e. The quantitative estimate of drug-likeness (QED) is 0.579. The van der Waals surface area contributed by atoms with E-state index in [1.807, 2.05) is 0 Å². The van der Waals surface area contributed by atoms with Crippen LogP contribution in [0.3, 0.4) is 0 Å². The number of hydrazone groups is 1. The van der Waals surface area contributed by atoms with E-state index >= 15 is 0 Å². The molecule has 0 atom stereocenters. The molecule has 1 amide bonds. The first-order valence-corrected chi connectivity index (χ1v) is 4.82. The Morgan fingerprint density at radius 2 is 2.06 bits per heavy atom. The SMILES string of the molecule is CC(=O)NN=Cc1ccc(OCC(=O)O)cc1. The Labute approximate surface area is 97.9 Å². The van der Waals surface area contributed by atoms with Gasteiger partial charge in [0.25, 0.3) is 0 Å². The van der Waals surface area contributed by atoms with Gasteiger partial charge in [-0.25, -0.2) is 10.2 Å². The van der Waals surface area contributed by atoms with Crippen molar-refractivity contribution in [2.75, 3.05) is 6.61 Å². The molecule has 0 bridgehead atoms. The predicted octanol–water partition coefficient (Wildman–Crippen LogP) is 0.620. The predicted molar refractivity (Wildman–Crippen MR) is 61.0 cm³/mol. The van der Waals surface area contributed by atoms with Crippen LogP contribution in [-0.2, 0) is 9.59 Å². The molecule has 6 nitrogen and oxygen atoms in total. The minimum atomic E-state index is -1.03. The molecule has 0 saturated carbocycles. The number of ether oxygens (including phenoxy) is 1. The second-order valence-corrected chi connectivity index (χ2v) is 3.18. The van der Waals surface area contributed by atoms with Crippen molar-refractivity contribution in [3.05, 3.63) is 29.8 Å². The topological polar surface area (TPSA) is 88.0 Å². The number of rotatable bonds is 5. The fourth-order valence-electron chi connectivity index (χ4n) is 0.993. The summed E-state index contributed by atoms with van der Waals surface area (Å²) in [4.78, 5) is 20.8. The number of benzene rings is 1. The Bertz CT molecular complexity index is 426. The highest BCUT2D eigenvalue weighted by Crippen LogP contribution is 2.10. The first-order chi connectivity index (χ1) is 8.08. The minimum absolute atomic E-state index is 0.248. The molecule has 0 aliphatic rings. The van der Waals surface area contributed by atoms with E-state index < -0.39 is 5.97 Å². The lowest BCUT2D eigenvalue weighted by Gasteiger charge is -2.02. The summed E-state index contributed by atoms with van der Waals surface area (Å²) >= 11 is 0.